The van der Waals surface area contributed by atoms with Gasteiger partial charge in [-0.2, -0.15) is 0 Å². The minimum atomic E-state index is -0.722. The van der Waals surface area contributed by atoms with Gasteiger partial charge in [0.1, 0.15) is 23.1 Å². The maximum Gasteiger partial charge on any atom is 0.407 e. The van der Waals surface area contributed by atoms with Crippen molar-refractivity contribution in [2.75, 3.05) is 31.9 Å². The van der Waals surface area contributed by atoms with Crippen molar-refractivity contribution in [1.29, 1.82) is 0 Å². The van der Waals surface area contributed by atoms with E-state index >= 15 is 0 Å². The van der Waals surface area contributed by atoms with Crippen LogP contribution in [0.4, 0.5) is 4.79 Å². The summed E-state index contributed by atoms with van der Waals surface area (Å²) in [5, 5.41) is 21.4. The van der Waals surface area contributed by atoms with Crippen molar-refractivity contribution in [2.24, 2.45) is 34.0 Å². The van der Waals surface area contributed by atoms with E-state index in [1.807, 2.05) is 45.0 Å². The lowest BCUT2D eigenvalue weighted by molar-refractivity contribution is -0.210. The molecule has 0 heterocycles. The predicted octanol–water partition coefficient (Wildman–Crippen LogP) is 7.17. The number of aliphatic hydroxyl groups excluding tert-OH is 1. The molecule has 0 saturated heterocycles. The number of unbranched alkanes of at least 4 members (excludes halogenated alkanes) is 1. The first-order chi connectivity index (χ1) is 27.5. The Morgan fingerprint density at radius 2 is 1.53 bits per heavy atom. The molecule has 0 aromatic heterocycles. The smallest absolute Gasteiger partial charge is 0.407 e. The number of hydrogen-bond acceptors (Lipinski definition) is 11. The van der Waals surface area contributed by atoms with Crippen molar-refractivity contribution in [2.45, 2.75) is 162 Å². The molecule has 12 nitrogen and oxygen atoms in total. The topological polar surface area (TPSA) is 169 Å². The number of esters is 2. The fourth-order valence-electron chi connectivity index (χ4n) is 9.92. The molecule has 0 radical (unpaired) electrons. The zero-order valence-electron chi connectivity index (χ0n) is 37.4. The number of aliphatic hydroxyl groups is 1. The number of benzene rings is 1. The molecule has 0 spiro atoms. The Morgan fingerprint density at radius 3 is 2.19 bits per heavy atom. The molecule has 2 bridgehead atoms. The first-order valence-corrected chi connectivity index (χ1v) is 22.8. The summed E-state index contributed by atoms with van der Waals surface area (Å²) in [5.74, 6) is -0.656. The normalized spacial score (nSPS) is 29.4. The molecule has 13 heteroatoms. The summed E-state index contributed by atoms with van der Waals surface area (Å²) in [6.45, 7) is 21.5. The Hall–Kier alpha value is -3.16. The van der Waals surface area contributed by atoms with Crippen LogP contribution in [0.5, 0.6) is 0 Å². The standard InChI is InChI=1S/C46H73N3O9S/c1-30-19-21-46-22-20-34(50)39(46)45(30,10)35(27-44(9,40(54)31(46)2)29-47-23-12-11-14-37(52)57-42(3,4)5)56-38(53)28-59-33-17-15-32(16-18-33)26-36(51)48-24-13-25-49-41(55)58-43(6,7)8/h15-18,30-31,35,39-40,47,54H,11-14,19-29H2,1-10H3,(H,48,51)(H,49,55)/t30-,31+,35?,39+,40+,44-,45+,46+/m1/s1. The van der Waals surface area contributed by atoms with Crippen molar-refractivity contribution in [1.82, 2.24) is 16.0 Å². The van der Waals surface area contributed by atoms with Crippen LogP contribution in [0.1, 0.15) is 133 Å². The Kier molecular flexibility index (Phi) is 16.6. The number of nitrogens with one attached hydrogen (secondary N) is 3. The molecule has 4 N–H and O–H groups in total. The van der Waals surface area contributed by atoms with Crippen LogP contribution in [-0.2, 0) is 39.8 Å². The Bertz CT molecular complexity index is 1620. The fraction of sp³-hybridized carbons (Fsp3) is 0.761. The first kappa shape index (κ1) is 48.5. The zero-order valence-corrected chi connectivity index (χ0v) is 38.2. The van der Waals surface area contributed by atoms with Crippen LogP contribution in [0.3, 0.4) is 0 Å². The number of carbonyl (C=O) groups is 5. The quantitative estimate of drug-likeness (QED) is 0.0543. The Morgan fingerprint density at radius 1 is 0.864 bits per heavy atom. The van der Waals surface area contributed by atoms with Gasteiger partial charge >= 0.3 is 18.0 Å². The molecule has 8 atom stereocenters. The molecule has 1 unspecified atom stereocenters. The third kappa shape index (κ3) is 12.9. The lowest BCUT2D eigenvalue weighted by Gasteiger charge is -2.62. The number of rotatable bonds is 17. The maximum atomic E-state index is 13.9. The SMILES string of the molecule is C[C@@H]1CC[C@@]23CCC(=O)[C@H]2[C@]1(C)C(OC(=O)CSc1ccc(CC(=O)NCCCNC(=O)OC(C)(C)C)cc1)C[C@](C)(CNCCCCC(=O)OC(C)(C)C)[C@@H](O)[C@@H]3C. The van der Waals surface area contributed by atoms with Crippen LogP contribution in [0.25, 0.3) is 0 Å². The van der Waals surface area contributed by atoms with E-state index in [0.717, 1.165) is 36.1 Å². The van der Waals surface area contributed by atoms with Crippen molar-refractivity contribution < 1.29 is 43.3 Å². The van der Waals surface area contributed by atoms with Crippen molar-refractivity contribution in [3.63, 3.8) is 0 Å². The zero-order chi connectivity index (χ0) is 43.8. The molecule has 2 amide bonds. The number of carbonyl (C=O) groups excluding carboxylic acids is 5. The Balaban J connectivity index is 1.36. The lowest BCUT2D eigenvalue weighted by Crippen LogP contribution is -2.64. The summed E-state index contributed by atoms with van der Waals surface area (Å²) >= 11 is 1.37. The molecule has 3 aliphatic carbocycles. The molecule has 4 rings (SSSR count). The van der Waals surface area contributed by atoms with Crippen LogP contribution in [-0.4, -0.2) is 90.2 Å². The van der Waals surface area contributed by atoms with E-state index in [-0.39, 0.29) is 59.0 Å². The molecule has 1 aromatic carbocycles. The number of ketones is 1. The van der Waals surface area contributed by atoms with Gasteiger partial charge in [0.15, 0.2) is 0 Å². The van der Waals surface area contributed by atoms with Gasteiger partial charge in [0.2, 0.25) is 5.91 Å². The van der Waals surface area contributed by atoms with Gasteiger partial charge in [-0.1, -0.05) is 39.8 Å². The summed E-state index contributed by atoms with van der Waals surface area (Å²) in [4.78, 5) is 65.2. The van der Waals surface area contributed by atoms with E-state index in [2.05, 4.69) is 43.6 Å². The van der Waals surface area contributed by atoms with Gasteiger partial charge in [-0.25, -0.2) is 4.79 Å². The van der Waals surface area contributed by atoms with Gasteiger partial charge < -0.3 is 35.3 Å². The molecule has 3 aliphatic rings. The van der Waals surface area contributed by atoms with Crippen LogP contribution in [0.2, 0.25) is 0 Å². The monoisotopic (exact) mass is 844 g/mol. The third-order valence-electron chi connectivity index (χ3n) is 13.1. The molecular weight excluding hydrogens is 771 g/mol. The summed E-state index contributed by atoms with van der Waals surface area (Å²) in [7, 11) is 0. The number of amides is 2. The van der Waals surface area contributed by atoms with Crippen molar-refractivity contribution >= 4 is 41.5 Å². The van der Waals surface area contributed by atoms with Gasteiger partial charge in [-0.05, 0) is 128 Å². The summed E-state index contributed by atoms with van der Waals surface area (Å²) in [6, 6.07) is 7.54. The molecule has 1 aromatic rings. The average Bonchev–Trinajstić information content (AvgIpc) is 3.49. The second kappa shape index (κ2) is 20.1. The molecule has 3 saturated carbocycles. The fourth-order valence-corrected chi connectivity index (χ4v) is 10.6. The summed E-state index contributed by atoms with van der Waals surface area (Å²) in [5.41, 5.74) is -1.84. The van der Waals surface area contributed by atoms with E-state index in [1.54, 1.807) is 20.8 Å². The van der Waals surface area contributed by atoms with E-state index in [9.17, 15) is 29.1 Å². The molecular formula is C46H73N3O9S. The van der Waals surface area contributed by atoms with Crippen LogP contribution >= 0.6 is 11.8 Å². The minimum absolute atomic E-state index is 0.0768. The van der Waals surface area contributed by atoms with Gasteiger partial charge in [0.25, 0.3) is 0 Å². The van der Waals surface area contributed by atoms with E-state index in [1.165, 1.54) is 11.8 Å². The first-order valence-electron chi connectivity index (χ1n) is 21.8. The number of hydrogen-bond donors (Lipinski definition) is 4. The lowest BCUT2D eigenvalue weighted by atomic mass is 9.44. The number of Topliss-reactive ketones (excluding diaryl/α,β-unsaturated/α-hetero) is 1. The number of ether oxygens (including phenoxy) is 3. The van der Waals surface area contributed by atoms with Gasteiger partial charge in [0, 0.05) is 54.1 Å². The highest BCUT2D eigenvalue weighted by molar-refractivity contribution is 8.00. The van der Waals surface area contributed by atoms with E-state index in [0.29, 0.717) is 58.3 Å². The highest BCUT2D eigenvalue weighted by Crippen LogP contribution is 2.67. The molecule has 332 valence electrons. The van der Waals surface area contributed by atoms with Gasteiger partial charge in [0.05, 0.1) is 18.3 Å². The number of thioether (sulfide) groups is 1. The summed E-state index contributed by atoms with van der Waals surface area (Å²) < 4.78 is 17.2. The molecule has 59 heavy (non-hydrogen) atoms. The minimum Gasteiger partial charge on any atom is -0.461 e. The summed E-state index contributed by atoms with van der Waals surface area (Å²) in [6.07, 6.45) is 4.22. The highest BCUT2D eigenvalue weighted by Gasteiger charge is 2.68. The van der Waals surface area contributed by atoms with Crippen molar-refractivity contribution in [3.05, 3.63) is 29.8 Å². The molecule has 3 fully saturated rings. The van der Waals surface area contributed by atoms with E-state index < -0.39 is 40.3 Å². The van der Waals surface area contributed by atoms with E-state index in [4.69, 9.17) is 14.2 Å². The third-order valence-corrected chi connectivity index (χ3v) is 14.1. The maximum absolute atomic E-state index is 13.9. The van der Waals surface area contributed by atoms with Crippen LogP contribution in [0, 0.1) is 34.0 Å². The number of alkyl carbamates (subject to hydrolysis) is 1. The van der Waals surface area contributed by atoms with Gasteiger partial charge in [-0.15, -0.1) is 11.8 Å². The highest BCUT2D eigenvalue weighted by atomic mass is 32.2. The average molecular weight is 844 g/mol. The van der Waals surface area contributed by atoms with Crippen LogP contribution in [0.15, 0.2) is 29.2 Å². The predicted molar refractivity (Wildman–Crippen MR) is 230 cm³/mol. The van der Waals surface area contributed by atoms with Gasteiger partial charge in [-0.3, -0.25) is 19.2 Å². The van der Waals surface area contributed by atoms with Crippen LogP contribution < -0.4 is 16.0 Å². The molecule has 0 aliphatic heterocycles. The second-order valence-corrected chi connectivity index (χ2v) is 21.0. The van der Waals surface area contributed by atoms with Crippen molar-refractivity contribution in [3.8, 4) is 0 Å². The second-order valence-electron chi connectivity index (χ2n) is 20.0. The Labute approximate surface area is 357 Å². The largest absolute Gasteiger partial charge is 0.461 e.